The van der Waals surface area contributed by atoms with Crippen LogP contribution in [0.25, 0.3) is 0 Å². The highest BCUT2D eigenvalue weighted by molar-refractivity contribution is 7.18. The SMILES string of the molecule is CCOC(=O)c1c(NC(=O)CN2CC(C)OC(C)C2)sc(C(C)=O)c1C. The third-order valence-electron chi connectivity index (χ3n) is 4.06. The van der Waals surface area contributed by atoms with Gasteiger partial charge in [0.2, 0.25) is 5.91 Å². The van der Waals surface area contributed by atoms with E-state index in [1.54, 1.807) is 13.8 Å². The van der Waals surface area contributed by atoms with Crippen LogP contribution < -0.4 is 5.32 Å². The quantitative estimate of drug-likeness (QED) is 0.601. The normalized spacial score (nSPS) is 20.7. The maximum absolute atomic E-state index is 12.5. The minimum absolute atomic E-state index is 0.0648. The Morgan fingerprint density at radius 2 is 1.88 bits per heavy atom. The number of nitrogens with one attached hydrogen (secondary N) is 1. The minimum Gasteiger partial charge on any atom is -0.462 e. The van der Waals surface area contributed by atoms with Crippen LogP contribution in [0, 0.1) is 6.92 Å². The number of carbonyl (C=O) groups excluding carboxylic acids is 3. The zero-order valence-corrected chi connectivity index (χ0v) is 16.7. The van der Waals surface area contributed by atoms with Gasteiger partial charge in [0.25, 0.3) is 0 Å². The molecule has 1 aliphatic heterocycles. The number of nitrogens with zero attached hydrogens (tertiary/aromatic N) is 1. The maximum atomic E-state index is 12.5. The lowest BCUT2D eigenvalue weighted by atomic mass is 10.1. The van der Waals surface area contributed by atoms with E-state index in [1.807, 2.05) is 18.7 Å². The number of anilines is 1. The molecule has 1 aliphatic rings. The molecule has 1 amide bonds. The van der Waals surface area contributed by atoms with Crippen LogP contribution in [0.4, 0.5) is 5.00 Å². The van der Waals surface area contributed by atoms with Gasteiger partial charge in [-0.3, -0.25) is 14.5 Å². The van der Waals surface area contributed by atoms with Crippen molar-refractivity contribution >= 4 is 34.0 Å². The average molecular weight is 382 g/mol. The van der Waals surface area contributed by atoms with Crippen molar-refractivity contribution in [3.05, 3.63) is 16.0 Å². The summed E-state index contributed by atoms with van der Waals surface area (Å²) >= 11 is 1.11. The first-order valence-electron chi connectivity index (χ1n) is 8.72. The number of ether oxygens (including phenoxy) is 2. The Kier molecular flexibility index (Phi) is 6.91. The van der Waals surface area contributed by atoms with Gasteiger partial charge < -0.3 is 14.8 Å². The molecule has 2 heterocycles. The molecule has 1 saturated heterocycles. The highest BCUT2D eigenvalue weighted by Crippen LogP contribution is 2.34. The Morgan fingerprint density at radius 3 is 2.42 bits per heavy atom. The Bertz CT molecular complexity index is 690. The zero-order chi connectivity index (χ0) is 19.4. The fourth-order valence-corrected chi connectivity index (χ4v) is 4.28. The van der Waals surface area contributed by atoms with E-state index < -0.39 is 5.97 Å². The Labute approximate surface area is 157 Å². The van der Waals surface area contributed by atoms with Crippen LogP contribution in [-0.2, 0) is 14.3 Å². The fraction of sp³-hybridized carbons (Fsp3) is 0.611. The van der Waals surface area contributed by atoms with Gasteiger partial charge in [0.05, 0.1) is 35.8 Å². The molecule has 2 atom stereocenters. The number of hydrogen-bond donors (Lipinski definition) is 1. The number of esters is 1. The number of morpholine rings is 1. The summed E-state index contributed by atoms with van der Waals surface area (Å²) in [5, 5.41) is 3.15. The van der Waals surface area contributed by atoms with Crippen molar-refractivity contribution in [3.63, 3.8) is 0 Å². The van der Waals surface area contributed by atoms with Gasteiger partial charge in [-0.05, 0) is 40.2 Å². The minimum atomic E-state index is -0.530. The summed E-state index contributed by atoms with van der Waals surface area (Å²) < 4.78 is 10.7. The van der Waals surface area contributed by atoms with E-state index in [9.17, 15) is 14.4 Å². The van der Waals surface area contributed by atoms with Crippen molar-refractivity contribution in [2.24, 2.45) is 0 Å². The van der Waals surface area contributed by atoms with Crippen molar-refractivity contribution in [1.82, 2.24) is 4.90 Å². The molecular weight excluding hydrogens is 356 g/mol. The molecule has 0 saturated carbocycles. The number of thiophene rings is 1. The molecule has 144 valence electrons. The summed E-state index contributed by atoms with van der Waals surface area (Å²) in [4.78, 5) is 39.1. The van der Waals surface area contributed by atoms with Crippen LogP contribution in [0.5, 0.6) is 0 Å². The van der Waals surface area contributed by atoms with Crippen LogP contribution in [0.15, 0.2) is 0 Å². The molecule has 2 rings (SSSR count). The van der Waals surface area contributed by atoms with Gasteiger partial charge >= 0.3 is 5.97 Å². The van der Waals surface area contributed by atoms with E-state index >= 15 is 0 Å². The predicted octanol–water partition coefficient (Wildman–Crippen LogP) is 2.48. The summed E-state index contributed by atoms with van der Waals surface area (Å²) in [6.07, 6.45) is 0.130. The number of ketones is 1. The second kappa shape index (κ2) is 8.75. The standard InChI is InChI=1S/C18H26N2O5S/c1-6-24-18(23)15-12(4)16(13(5)21)26-17(15)19-14(22)9-20-7-10(2)25-11(3)8-20/h10-11H,6-9H2,1-5H3,(H,19,22). The summed E-state index contributed by atoms with van der Waals surface area (Å²) in [7, 11) is 0. The van der Waals surface area contributed by atoms with Gasteiger partial charge in [-0.1, -0.05) is 0 Å². The monoisotopic (exact) mass is 382 g/mol. The molecule has 0 bridgehead atoms. The molecule has 1 fully saturated rings. The maximum Gasteiger partial charge on any atom is 0.341 e. The number of amides is 1. The molecule has 1 N–H and O–H groups in total. The summed E-state index contributed by atoms with van der Waals surface area (Å²) in [6, 6.07) is 0. The van der Waals surface area contributed by atoms with E-state index in [-0.39, 0.29) is 42.6 Å². The molecule has 1 aromatic heterocycles. The lowest BCUT2D eigenvalue weighted by molar-refractivity contribution is -0.121. The zero-order valence-electron chi connectivity index (χ0n) is 15.9. The summed E-state index contributed by atoms with van der Waals surface area (Å²) in [6.45, 7) is 10.6. The topological polar surface area (TPSA) is 84.9 Å². The first-order valence-corrected chi connectivity index (χ1v) is 9.53. The van der Waals surface area contributed by atoms with E-state index in [0.29, 0.717) is 28.5 Å². The summed E-state index contributed by atoms with van der Waals surface area (Å²) in [5.74, 6) is -0.903. The first kappa shape index (κ1) is 20.5. The fourth-order valence-electron chi connectivity index (χ4n) is 3.17. The van der Waals surface area contributed by atoms with Gasteiger partial charge in [-0.25, -0.2) is 4.79 Å². The first-order chi connectivity index (χ1) is 12.2. The largest absolute Gasteiger partial charge is 0.462 e. The van der Waals surface area contributed by atoms with E-state index in [4.69, 9.17) is 9.47 Å². The number of hydrogen-bond acceptors (Lipinski definition) is 7. The molecule has 0 spiro atoms. The highest BCUT2D eigenvalue weighted by atomic mass is 32.1. The van der Waals surface area contributed by atoms with Crippen molar-refractivity contribution in [1.29, 1.82) is 0 Å². The van der Waals surface area contributed by atoms with Crippen molar-refractivity contribution in [3.8, 4) is 0 Å². The second-order valence-corrected chi connectivity index (χ2v) is 7.56. The third-order valence-corrected chi connectivity index (χ3v) is 5.37. The predicted molar refractivity (Wildman–Crippen MR) is 100 cm³/mol. The molecule has 26 heavy (non-hydrogen) atoms. The Hall–Kier alpha value is -1.77. The average Bonchev–Trinajstić information content (AvgIpc) is 2.82. The number of rotatable bonds is 6. The van der Waals surface area contributed by atoms with Crippen LogP contribution >= 0.6 is 11.3 Å². The van der Waals surface area contributed by atoms with Gasteiger partial charge in [-0.2, -0.15) is 0 Å². The van der Waals surface area contributed by atoms with Crippen LogP contribution in [0.3, 0.4) is 0 Å². The molecule has 0 aromatic carbocycles. The molecule has 1 aromatic rings. The van der Waals surface area contributed by atoms with E-state index in [0.717, 1.165) is 11.3 Å². The van der Waals surface area contributed by atoms with E-state index in [1.165, 1.54) is 6.92 Å². The van der Waals surface area contributed by atoms with Crippen molar-refractivity contribution in [2.75, 3.05) is 31.6 Å². The lowest BCUT2D eigenvalue weighted by Gasteiger charge is -2.34. The Balaban J connectivity index is 2.16. The molecule has 0 radical (unpaired) electrons. The molecular formula is C18H26N2O5S. The van der Waals surface area contributed by atoms with Crippen molar-refractivity contribution < 1.29 is 23.9 Å². The number of carbonyl (C=O) groups is 3. The molecule has 7 nitrogen and oxygen atoms in total. The van der Waals surface area contributed by atoms with Gasteiger partial charge in [0.15, 0.2) is 5.78 Å². The van der Waals surface area contributed by atoms with Crippen LogP contribution in [-0.4, -0.2) is 61.0 Å². The van der Waals surface area contributed by atoms with Gasteiger partial charge in [0.1, 0.15) is 5.00 Å². The van der Waals surface area contributed by atoms with Crippen LogP contribution in [0.1, 0.15) is 53.3 Å². The second-order valence-electron chi connectivity index (χ2n) is 6.54. The molecule has 2 unspecified atom stereocenters. The Morgan fingerprint density at radius 1 is 1.27 bits per heavy atom. The lowest BCUT2D eigenvalue weighted by Crippen LogP contribution is -2.48. The van der Waals surface area contributed by atoms with Crippen LogP contribution in [0.2, 0.25) is 0 Å². The third kappa shape index (κ3) is 4.90. The number of Topliss-reactive ketones (excluding diaryl/α,β-unsaturated/α-hetero) is 1. The molecule has 0 aliphatic carbocycles. The summed E-state index contributed by atoms with van der Waals surface area (Å²) in [5.41, 5.74) is 0.809. The van der Waals surface area contributed by atoms with Crippen molar-refractivity contribution in [2.45, 2.75) is 46.8 Å². The smallest absolute Gasteiger partial charge is 0.341 e. The van der Waals surface area contributed by atoms with E-state index in [2.05, 4.69) is 5.32 Å². The molecule has 8 heteroatoms. The van der Waals surface area contributed by atoms with Gasteiger partial charge in [0, 0.05) is 13.1 Å². The van der Waals surface area contributed by atoms with Gasteiger partial charge in [-0.15, -0.1) is 11.3 Å². The highest BCUT2D eigenvalue weighted by Gasteiger charge is 2.27.